The van der Waals surface area contributed by atoms with Crippen LogP contribution in [-0.2, 0) is 0 Å². The quantitative estimate of drug-likeness (QED) is 0.216. The molecular weight excluding hydrogens is 456 g/mol. The molecule has 0 unspecified atom stereocenters. The van der Waals surface area contributed by atoms with Crippen molar-refractivity contribution in [2.45, 2.75) is 0 Å². The maximum atomic E-state index is 2.37. The summed E-state index contributed by atoms with van der Waals surface area (Å²) in [6.45, 7) is 0. The van der Waals surface area contributed by atoms with Gasteiger partial charge < -0.3 is 0 Å². The molecule has 0 aliphatic rings. The summed E-state index contributed by atoms with van der Waals surface area (Å²) in [5, 5.41) is 12.9. The van der Waals surface area contributed by atoms with Crippen LogP contribution in [0.5, 0.6) is 0 Å². The van der Waals surface area contributed by atoms with E-state index in [1.54, 1.807) is 0 Å². The average molecular weight is 481 g/mol. The van der Waals surface area contributed by atoms with Gasteiger partial charge in [-0.2, -0.15) is 0 Å². The van der Waals surface area contributed by atoms with Crippen LogP contribution in [0.15, 0.2) is 146 Å². The summed E-state index contributed by atoms with van der Waals surface area (Å²) in [5.74, 6) is 0. The molecule has 8 aromatic rings. The highest BCUT2D eigenvalue weighted by molar-refractivity contribution is 6.25. The van der Waals surface area contributed by atoms with Crippen molar-refractivity contribution < 1.29 is 0 Å². The fourth-order valence-electron chi connectivity index (χ4n) is 6.16. The lowest BCUT2D eigenvalue weighted by Crippen LogP contribution is -1.86. The zero-order chi connectivity index (χ0) is 25.1. The van der Waals surface area contributed by atoms with E-state index < -0.39 is 0 Å². The topological polar surface area (TPSA) is 0 Å². The largest absolute Gasteiger partial charge is 0.0616 e. The predicted molar refractivity (Wildman–Crippen MR) is 165 cm³/mol. The number of rotatable bonds is 2. The van der Waals surface area contributed by atoms with E-state index in [1.165, 1.54) is 76.1 Å². The molecule has 0 spiro atoms. The molecule has 0 heteroatoms. The SMILES string of the molecule is c1ccc2c(-c3ccc4ccc(-c5ccc6c7ccccc7c7ccccc7c6c5)cc4c3)cccc2c1. The van der Waals surface area contributed by atoms with Crippen LogP contribution in [0, 0.1) is 0 Å². The van der Waals surface area contributed by atoms with E-state index in [0.717, 1.165) is 0 Å². The molecule has 176 valence electrons. The van der Waals surface area contributed by atoms with Crippen LogP contribution in [0.4, 0.5) is 0 Å². The monoisotopic (exact) mass is 480 g/mol. The summed E-state index contributed by atoms with van der Waals surface area (Å²) in [6.07, 6.45) is 0. The third kappa shape index (κ3) is 3.24. The Morgan fingerprint density at radius 1 is 0.237 bits per heavy atom. The molecule has 0 bridgehead atoms. The van der Waals surface area contributed by atoms with Crippen molar-refractivity contribution in [3.05, 3.63) is 146 Å². The maximum Gasteiger partial charge on any atom is -0.00928 e. The van der Waals surface area contributed by atoms with Gasteiger partial charge in [-0.25, -0.2) is 0 Å². The minimum Gasteiger partial charge on any atom is -0.0616 e. The molecule has 8 rings (SSSR count). The van der Waals surface area contributed by atoms with E-state index >= 15 is 0 Å². The molecule has 0 aliphatic carbocycles. The number of hydrogen-bond acceptors (Lipinski definition) is 0. The van der Waals surface area contributed by atoms with Gasteiger partial charge in [0.25, 0.3) is 0 Å². The summed E-state index contributed by atoms with van der Waals surface area (Å²) >= 11 is 0. The smallest absolute Gasteiger partial charge is 0.00928 e. The molecule has 0 saturated carbocycles. The molecule has 38 heavy (non-hydrogen) atoms. The second-order valence-corrected chi connectivity index (χ2v) is 10.2. The van der Waals surface area contributed by atoms with E-state index in [0.29, 0.717) is 0 Å². The number of fused-ring (bicyclic) bond motifs is 8. The highest BCUT2D eigenvalue weighted by Gasteiger charge is 2.10. The first kappa shape index (κ1) is 21.2. The van der Waals surface area contributed by atoms with Gasteiger partial charge in [-0.3, -0.25) is 0 Å². The molecule has 0 N–H and O–H groups in total. The Labute approximate surface area is 221 Å². The summed E-state index contributed by atoms with van der Waals surface area (Å²) in [6, 6.07) is 53.4. The van der Waals surface area contributed by atoms with Crippen molar-refractivity contribution >= 4 is 53.9 Å². The van der Waals surface area contributed by atoms with Gasteiger partial charge in [-0.05, 0) is 94.3 Å². The van der Waals surface area contributed by atoms with E-state index in [4.69, 9.17) is 0 Å². The Bertz CT molecular complexity index is 2140. The fraction of sp³-hybridized carbons (Fsp3) is 0. The Morgan fingerprint density at radius 3 is 1.47 bits per heavy atom. The molecule has 0 aromatic heterocycles. The Hall–Kier alpha value is -4.94. The maximum absolute atomic E-state index is 2.37. The third-order valence-corrected chi connectivity index (χ3v) is 8.02. The molecular formula is C38H24. The lowest BCUT2D eigenvalue weighted by Gasteiger charge is -2.13. The molecule has 0 nitrogen and oxygen atoms in total. The highest BCUT2D eigenvalue weighted by atomic mass is 14.1. The van der Waals surface area contributed by atoms with Gasteiger partial charge in [0.15, 0.2) is 0 Å². The van der Waals surface area contributed by atoms with Gasteiger partial charge in [-0.15, -0.1) is 0 Å². The molecule has 0 aliphatic heterocycles. The van der Waals surface area contributed by atoms with Gasteiger partial charge in [0, 0.05) is 0 Å². The molecule has 0 atom stereocenters. The minimum absolute atomic E-state index is 1.24. The summed E-state index contributed by atoms with van der Waals surface area (Å²) < 4.78 is 0. The van der Waals surface area contributed by atoms with Crippen molar-refractivity contribution in [1.82, 2.24) is 0 Å². The summed E-state index contributed by atoms with van der Waals surface area (Å²) in [5.41, 5.74) is 5.02. The van der Waals surface area contributed by atoms with Crippen LogP contribution in [0.1, 0.15) is 0 Å². The Morgan fingerprint density at radius 2 is 0.737 bits per heavy atom. The normalized spacial score (nSPS) is 11.7. The Kier molecular flexibility index (Phi) is 4.62. The van der Waals surface area contributed by atoms with Crippen molar-refractivity contribution in [2.75, 3.05) is 0 Å². The summed E-state index contributed by atoms with van der Waals surface area (Å²) in [7, 11) is 0. The third-order valence-electron chi connectivity index (χ3n) is 8.02. The first-order valence-electron chi connectivity index (χ1n) is 13.2. The van der Waals surface area contributed by atoms with E-state index in [1.807, 2.05) is 0 Å². The zero-order valence-corrected chi connectivity index (χ0v) is 20.9. The van der Waals surface area contributed by atoms with Crippen molar-refractivity contribution in [3.8, 4) is 22.3 Å². The first-order valence-corrected chi connectivity index (χ1v) is 13.2. The molecule has 0 heterocycles. The van der Waals surface area contributed by atoms with Crippen LogP contribution < -0.4 is 0 Å². The van der Waals surface area contributed by atoms with E-state index in [9.17, 15) is 0 Å². The number of hydrogen-bond donors (Lipinski definition) is 0. The lowest BCUT2D eigenvalue weighted by atomic mass is 9.91. The van der Waals surface area contributed by atoms with Crippen LogP contribution in [0.2, 0.25) is 0 Å². The molecule has 0 fully saturated rings. The fourth-order valence-corrected chi connectivity index (χ4v) is 6.16. The summed E-state index contributed by atoms with van der Waals surface area (Å²) in [4.78, 5) is 0. The van der Waals surface area contributed by atoms with E-state index in [-0.39, 0.29) is 0 Å². The van der Waals surface area contributed by atoms with Crippen molar-refractivity contribution in [2.24, 2.45) is 0 Å². The highest BCUT2D eigenvalue weighted by Crippen LogP contribution is 2.38. The second-order valence-electron chi connectivity index (χ2n) is 10.2. The van der Waals surface area contributed by atoms with Gasteiger partial charge in [0.2, 0.25) is 0 Å². The van der Waals surface area contributed by atoms with Gasteiger partial charge in [0.05, 0.1) is 0 Å². The van der Waals surface area contributed by atoms with Crippen molar-refractivity contribution in [3.63, 3.8) is 0 Å². The first-order chi connectivity index (χ1) is 18.8. The van der Waals surface area contributed by atoms with Gasteiger partial charge in [0.1, 0.15) is 0 Å². The molecule has 0 radical (unpaired) electrons. The van der Waals surface area contributed by atoms with Crippen LogP contribution in [0.25, 0.3) is 76.1 Å². The predicted octanol–water partition coefficient (Wildman–Crippen LogP) is 10.8. The second kappa shape index (κ2) is 8.30. The number of benzene rings is 8. The average Bonchev–Trinajstić information content (AvgIpc) is 3.00. The van der Waals surface area contributed by atoms with Crippen LogP contribution >= 0.6 is 0 Å². The van der Waals surface area contributed by atoms with Crippen molar-refractivity contribution in [1.29, 1.82) is 0 Å². The molecule has 0 amide bonds. The zero-order valence-electron chi connectivity index (χ0n) is 20.9. The minimum atomic E-state index is 1.24. The molecule has 8 aromatic carbocycles. The lowest BCUT2D eigenvalue weighted by molar-refractivity contribution is 1.66. The molecule has 0 saturated heterocycles. The van der Waals surface area contributed by atoms with Crippen LogP contribution in [0.3, 0.4) is 0 Å². The Balaban J connectivity index is 1.32. The standard InChI is InChI=1S/C38H24/c1-2-10-31-26(8-1)9-7-15-32(31)29-19-17-25-16-18-27(22-30(25)23-29)28-20-21-37-35-13-4-3-11-33(35)34-12-5-6-14-36(34)38(37)24-28/h1-24H. The van der Waals surface area contributed by atoms with E-state index in [2.05, 4.69) is 146 Å². The van der Waals surface area contributed by atoms with Crippen LogP contribution in [-0.4, -0.2) is 0 Å². The van der Waals surface area contributed by atoms with Gasteiger partial charge >= 0.3 is 0 Å². The van der Waals surface area contributed by atoms with Gasteiger partial charge in [-0.1, -0.05) is 127 Å².